The van der Waals surface area contributed by atoms with Crippen LogP contribution in [0.15, 0.2) is 18.2 Å². The van der Waals surface area contributed by atoms with Gasteiger partial charge in [-0.2, -0.15) is 0 Å². The van der Waals surface area contributed by atoms with Crippen LogP contribution in [0, 0.1) is 19.8 Å². The number of rotatable bonds is 7. The summed E-state index contributed by atoms with van der Waals surface area (Å²) >= 11 is 0. The van der Waals surface area contributed by atoms with Crippen molar-refractivity contribution in [2.24, 2.45) is 11.7 Å². The van der Waals surface area contributed by atoms with Crippen molar-refractivity contribution in [3.8, 4) is 0 Å². The smallest absolute Gasteiger partial charge is 0.0424 e. The topological polar surface area (TPSA) is 29.3 Å². The Morgan fingerprint density at radius 3 is 2.58 bits per heavy atom. The van der Waals surface area contributed by atoms with Gasteiger partial charge >= 0.3 is 0 Å². The van der Waals surface area contributed by atoms with Gasteiger partial charge in [-0.05, 0) is 62.3 Å². The van der Waals surface area contributed by atoms with E-state index < -0.39 is 0 Å². The van der Waals surface area contributed by atoms with Gasteiger partial charge in [-0.15, -0.1) is 0 Å². The largest absolute Gasteiger partial charge is 0.323 e. The molecule has 0 bridgehead atoms. The lowest BCUT2D eigenvalue weighted by atomic mass is 10.0. The number of nitrogens with zero attached hydrogens (tertiary/aromatic N) is 1. The van der Waals surface area contributed by atoms with Gasteiger partial charge < -0.3 is 10.6 Å². The van der Waals surface area contributed by atoms with Crippen LogP contribution in [-0.4, -0.2) is 24.5 Å². The minimum Gasteiger partial charge on any atom is -0.323 e. The van der Waals surface area contributed by atoms with E-state index in [2.05, 4.69) is 43.9 Å². The van der Waals surface area contributed by atoms with Crippen molar-refractivity contribution in [2.75, 3.05) is 19.6 Å². The molecule has 0 amide bonds. The molecule has 0 heterocycles. The summed E-state index contributed by atoms with van der Waals surface area (Å²) < 4.78 is 0. The summed E-state index contributed by atoms with van der Waals surface area (Å²) in [4.78, 5) is 2.55. The Kier molecular flexibility index (Phi) is 5.00. The minimum absolute atomic E-state index is 0.143. The molecule has 2 heteroatoms. The van der Waals surface area contributed by atoms with E-state index in [0.717, 1.165) is 12.5 Å². The third-order valence-electron chi connectivity index (χ3n) is 4.17. The van der Waals surface area contributed by atoms with Gasteiger partial charge in [-0.25, -0.2) is 0 Å². The number of hydrogen-bond acceptors (Lipinski definition) is 2. The molecule has 0 aromatic heterocycles. The highest BCUT2D eigenvalue weighted by molar-refractivity contribution is 5.31. The van der Waals surface area contributed by atoms with Gasteiger partial charge in [0.15, 0.2) is 0 Å². The van der Waals surface area contributed by atoms with Crippen LogP contribution < -0.4 is 5.73 Å². The van der Waals surface area contributed by atoms with Crippen LogP contribution in [0.1, 0.15) is 48.9 Å². The Balaban J connectivity index is 1.96. The highest BCUT2D eigenvalue weighted by Crippen LogP contribution is 2.30. The lowest BCUT2D eigenvalue weighted by Crippen LogP contribution is -2.34. The van der Waals surface area contributed by atoms with E-state index in [1.807, 2.05) is 0 Å². The first kappa shape index (κ1) is 14.5. The molecular weight excluding hydrogens is 232 g/mol. The van der Waals surface area contributed by atoms with Crippen molar-refractivity contribution >= 4 is 0 Å². The highest BCUT2D eigenvalue weighted by Gasteiger charge is 2.24. The predicted octanol–water partition coefficient (Wildman–Crippen LogP) is 3.43. The van der Waals surface area contributed by atoms with E-state index in [1.165, 1.54) is 49.0 Å². The number of hydrogen-bond donors (Lipinski definition) is 1. The zero-order valence-electron chi connectivity index (χ0n) is 12.7. The van der Waals surface area contributed by atoms with Gasteiger partial charge in [0, 0.05) is 19.1 Å². The Labute approximate surface area is 118 Å². The summed E-state index contributed by atoms with van der Waals surface area (Å²) in [5, 5.41) is 0. The van der Waals surface area contributed by atoms with E-state index in [4.69, 9.17) is 5.73 Å². The first-order valence-corrected chi connectivity index (χ1v) is 7.65. The second-order valence-electron chi connectivity index (χ2n) is 6.15. The van der Waals surface area contributed by atoms with Gasteiger partial charge in [0.2, 0.25) is 0 Å². The maximum absolute atomic E-state index is 6.40. The fourth-order valence-corrected chi connectivity index (χ4v) is 2.62. The van der Waals surface area contributed by atoms with Gasteiger partial charge in [0.05, 0.1) is 0 Å². The molecule has 0 saturated heterocycles. The standard InChI is InChI=1S/C17H28N2/c1-4-9-19(11-15-6-7-15)12-17(18)16-8-5-13(2)14(3)10-16/h5,8,10,15,17H,4,6-7,9,11-12,18H2,1-3H3. The fourth-order valence-electron chi connectivity index (χ4n) is 2.62. The lowest BCUT2D eigenvalue weighted by Gasteiger charge is -2.25. The Morgan fingerprint density at radius 2 is 2.00 bits per heavy atom. The molecule has 1 aromatic carbocycles. The summed E-state index contributed by atoms with van der Waals surface area (Å²) in [7, 11) is 0. The molecule has 1 saturated carbocycles. The first-order chi connectivity index (χ1) is 9.10. The van der Waals surface area contributed by atoms with E-state index in [9.17, 15) is 0 Å². The second kappa shape index (κ2) is 6.53. The Bertz CT molecular complexity index is 410. The zero-order valence-corrected chi connectivity index (χ0v) is 12.7. The molecule has 2 N–H and O–H groups in total. The van der Waals surface area contributed by atoms with E-state index >= 15 is 0 Å². The van der Waals surface area contributed by atoms with Crippen molar-refractivity contribution in [3.05, 3.63) is 34.9 Å². The molecule has 2 rings (SSSR count). The molecule has 2 nitrogen and oxygen atoms in total. The van der Waals surface area contributed by atoms with Crippen molar-refractivity contribution < 1.29 is 0 Å². The molecule has 1 atom stereocenters. The van der Waals surface area contributed by atoms with E-state index in [-0.39, 0.29) is 6.04 Å². The molecule has 0 radical (unpaired) electrons. The van der Waals surface area contributed by atoms with E-state index in [1.54, 1.807) is 0 Å². The number of nitrogens with two attached hydrogens (primary N) is 1. The summed E-state index contributed by atoms with van der Waals surface area (Å²) in [6.07, 6.45) is 4.05. The van der Waals surface area contributed by atoms with Crippen molar-refractivity contribution in [1.82, 2.24) is 4.90 Å². The molecule has 0 aliphatic heterocycles. The maximum atomic E-state index is 6.40. The third-order valence-corrected chi connectivity index (χ3v) is 4.17. The number of benzene rings is 1. The van der Waals surface area contributed by atoms with Gasteiger partial charge in [0.1, 0.15) is 0 Å². The van der Waals surface area contributed by atoms with Crippen molar-refractivity contribution in [3.63, 3.8) is 0 Å². The Hall–Kier alpha value is -0.860. The monoisotopic (exact) mass is 260 g/mol. The molecule has 1 aromatic rings. The highest BCUT2D eigenvalue weighted by atomic mass is 15.1. The summed E-state index contributed by atoms with van der Waals surface area (Å²) in [6.45, 7) is 9.98. The van der Waals surface area contributed by atoms with Crippen LogP contribution in [0.25, 0.3) is 0 Å². The summed E-state index contributed by atoms with van der Waals surface area (Å²) in [6, 6.07) is 6.77. The van der Waals surface area contributed by atoms with Crippen LogP contribution in [0.2, 0.25) is 0 Å². The molecule has 106 valence electrons. The van der Waals surface area contributed by atoms with Crippen LogP contribution in [0.4, 0.5) is 0 Å². The quantitative estimate of drug-likeness (QED) is 0.814. The van der Waals surface area contributed by atoms with Crippen LogP contribution >= 0.6 is 0 Å². The molecule has 1 unspecified atom stereocenters. The summed E-state index contributed by atoms with van der Waals surface area (Å²) in [5.74, 6) is 0.943. The molecule has 1 aliphatic rings. The molecule has 0 spiro atoms. The van der Waals surface area contributed by atoms with Crippen LogP contribution in [0.5, 0.6) is 0 Å². The average molecular weight is 260 g/mol. The van der Waals surface area contributed by atoms with Gasteiger partial charge in [0.25, 0.3) is 0 Å². The first-order valence-electron chi connectivity index (χ1n) is 7.65. The minimum atomic E-state index is 0.143. The zero-order chi connectivity index (χ0) is 13.8. The van der Waals surface area contributed by atoms with E-state index in [0.29, 0.717) is 0 Å². The second-order valence-corrected chi connectivity index (χ2v) is 6.15. The fraction of sp³-hybridized carbons (Fsp3) is 0.647. The predicted molar refractivity (Wildman–Crippen MR) is 82.3 cm³/mol. The van der Waals surface area contributed by atoms with Crippen molar-refractivity contribution in [1.29, 1.82) is 0 Å². The summed E-state index contributed by atoms with van der Waals surface area (Å²) in [5.41, 5.74) is 10.4. The average Bonchev–Trinajstić information content (AvgIpc) is 3.16. The van der Waals surface area contributed by atoms with Gasteiger partial charge in [-0.3, -0.25) is 0 Å². The molecule has 1 fully saturated rings. The van der Waals surface area contributed by atoms with Crippen LogP contribution in [-0.2, 0) is 0 Å². The van der Waals surface area contributed by atoms with Crippen molar-refractivity contribution in [2.45, 2.75) is 46.1 Å². The molecule has 1 aliphatic carbocycles. The Morgan fingerprint density at radius 1 is 1.26 bits per heavy atom. The van der Waals surface area contributed by atoms with Crippen LogP contribution in [0.3, 0.4) is 0 Å². The third kappa shape index (κ3) is 4.32. The number of aryl methyl sites for hydroxylation is 2. The lowest BCUT2D eigenvalue weighted by molar-refractivity contribution is 0.248. The maximum Gasteiger partial charge on any atom is 0.0424 e. The van der Waals surface area contributed by atoms with Gasteiger partial charge in [-0.1, -0.05) is 25.1 Å². The molecule has 19 heavy (non-hydrogen) atoms. The SMILES string of the molecule is CCCN(CC1CC1)CC(N)c1ccc(C)c(C)c1. The molecular formula is C17H28N2. The normalized spacial score (nSPS) is 16.9.